The predicted octanol–water partition coefficient (Wildman–Crippen LogP) is 1.35. The third-order valence-electron chi connectivity index (χ3n) is 3.03. The zero-order chi connectivity index (χ0) is 14.8. The number of nitrogens with zero attached hydrogens (tertiary/aromatic N) is 1. The number of para-hydroxylation sites is 1. The molecule has 1 aromatic carbocycles. The highest BCUT2D eigenvalue weighted by Crippen LogP contribution is 2.30. The molecule has 1 fully saturated rings. The molecule has 0 saturated carbocycles. The van der Waals surface area contributed by atoms with Crippen molar-refractivity contribution in [2.24, 2.45) is 0 Å². The first kappa shape index (κ1) is 15.1. The molecule has 1 aliphatic rings. The van der Waals surface area contributed by atoms with Gasteiger partial charge in [-0.15, -0.1) is 0 Å². The van der Waals surface area contributed by atoms with E-state index in [0.29, 0.717) is 0 Å². The second-order valence-electron chi connectivity index (χ2n) is 4.44. The molecule has 0 bridgehead atoms. The SMILES string of the molecule is Nc1cccc(S(=O)(=O)NCC2CCCS2)c1[N+](=O)[O-]. The maximum absolute atomic E-state index is 12.2. The first-order valence-corrected chi connectivity index (χ1v) is 8.59. The lowest BCUT2D eigenvalue weighted by Gasteiger charge is -2.11. The van der Waals surface area contributed by atoms with Gasteiger partial charge in [-0.3, -0.25) is 10.1 Å². The van der Waals surface area contributed by atoms with Crippen LogP contribution in [0.3, 0.4) is 0 Å². The standard InChI is InChI=1S/C11H15N3O4S2/c12-9-4-1-5-10(11(9)14(15)16)20(17,18)13-7-8-3-2-6-19-8/h1,4-5,8,13H,2-3,6-7,12H2. The summed E-state index contributed by atoms with van der Waals surface area (Å²) in [4.78, 5) is 9.83. The Morgan fingerprint density at radius 2 is 2.25 bits per heavy atom. The number of nitrogens with two attached hydrogens (primary N) is 1. The molecule has 7 nitrogen and oxygen atoms in total. The second kappa shape index (κ2) is 5.98. The number of nitrogens with one attached hydrogen (secondary N) is 1. The lowest BCUT2D eigenvalue weighted by Crippen LogP contribution is -2.30. The van der Waals surface area contributed by atoms with Crippen LogP contribution in [-0.2, 0) is 10.0 Å². The van der Waals surface area contributed by atoms with Gasteiger partial charge in [0, 0.05) is 11.8 Å². The largest absolute Gasteiger partial charge is 0.393 e. The minimum absolute atomic E-state index is 0.159. The van der Waals surface area contributed by atoms with Gasteiger partial charge in [0.25, 0.3) is 0 Å². The van der Waals surface area contributed by atoms with Crippen LogP contribution >= 0.6 is 11.8 Å². The van der Waals surface area contributed by atoms with Gasteiger partial charge in [-0.1, -0.05) is 6.07 Å². The van der Waals surface area contributed by atoms with Crippen molar-refractivity contribution in [3.8, 4) is 0 Å². The molecule has 1 aromatic rings. The molecule has 1 atom stereocenters. The van der Waals surface area contributed by atoms with Gasteiger partial charge in [0.2, 0.25) is 10.0 Å². The number of sulfonamides is 1. The van der Waals surface area contributed by atoms with E-state index in [1.54, 1.807) is 11.8 Å². The summed E-state index contributed by atoms with van der Waals surface area (Å²) in [6.07, 6.45) is 2.02. The van der Waals surface area contributed by atoms with Crippen LogP contribution < -0.4 is 10.5 Å². The molecule has 1 saturated heterocycles. The van der Waals surface area contributed by atoms with Gasteiger partial charge in [-0.25, -0.2) is 13.1 Å². The van der Waals surface area contributed by atoms with Crippen molar-refractivity contribution in [1.29, 1.82) is 0 Å². The van der Waals surface area contributed by atoms with Crippen LogP contribution in [-0.4, -0.2) is 30.9 Å². The summed E-state index contributed by atoms with van der Waals surface area (Å²) in [5.41, 5.74) is 4.77. The molecule has 1 unspecified atom stereocenters. The van der Waals surface area contributed by atoms with Gasteiger partial charge in [0.05, 0.1) is 4.92 Å². The van der Waals surface area contributed by atoms with Crippen LogP contribution in [0.2, 0.25) is 0 Å². The van der Waals surface area contributed by atoms with Crippen molar-refractivity contribution in [3.63, 3.8) is 0 Å². The number of benzene rings is 1. The molecule has 2 rings (SSSR count). The van der Waals surface area contributed by atoms with Crippen LogP contribution in [0.1, 0.15) is 12.8 Å². The van der Waals surface area contributed by atoms with Crippen molar-refractivity contribution < 1.29 is 13.3 Å². The Bertz CT molecular complexity index is 612. The Hall–Kier alpha value is -1.32. The van der Waals surface area contributed by atoms with Crippen LogP contribution in [0.5, 0.6) is 0 Å². The van der Waals surface area contributed by atoms with Gasteiger partial charge >= 0.3 is 5.69 Å². The lowest BCUT2D eigenvalue weighted by atomic mass is 10.2. The van der Waals surface area contributed by atoms with Crippen molar-refractivity contribution >= 4 is 33.2 Å². The maximum atomic E-state index is 12.2. The minimum Gasteiger partial charge on any atom is -0.393 e. The van der Waals surface area contributed by atoms with E-state index in [4.69, 9.17) is 5.73 Å². The molecule has 0 aromatic heterocycles. The smallest absolute Gasteiger partial charge is 0.312 e. The second-order valence-corrected chi connectivity index (χ2v) is 7.58. The molecular formula is C11H15N3O4S2. The Labute approximate surface area is 121 Å². The number of nitro groups is 1. The minimum atomic E-state index is -3.93. The molecule has 1 heterocycles. The van der Waals surface area contributed by atoms with Crippen LogP contribution in [0, 0.1) is 10.1 Å². The Morgan fingerprint density at radius 1 is 1.50 bits per heavy atom. The van der Waals surface area contributed by atoms with Crippen LogP contribution in [0.15, 0.2) is 23.1 Å². The van der Waals surface area contributed by atoms with Crippen molar-refractivity contribution in [2.45, 2.75) is 23.0 Å². The van der Waals surface area contributed by atoms with Gasteiger partial charge in [0.15, 0.2) is 4.90 Å². The molecule has 110 valence electrons. The molecule has 3 N–H and O–H groups in total. The fourth-order valence-corrected chi connectivity index (χ4v) is 4.62. The van der Waals surface area contributed by atoms with Gasteiger partial charge in [-0.2, -0.15) is 11.8 Å². The Kier molecular flexibility index (Phi) is 4.51. The first-order chi connectivity index (χ1) is 9.42. The molecule has 0 aliphatic carbocycles. The number of rotatable bonds is 5. The van der Waals surface area contributed by atoms with E-state index in [9.17, 15) is 18.5 Å². The summed E-state index contributed by atoms with van der Waals surface area (Å²) in [6, 6.07) is 3.89. The quantitative estimate of drug-likeness (QED) is 0.481. The van der Waals surface area contributed by atoms with Crippen molar-refractivity contribution in [2.75, 3.05) is 18.0 Å². The van der Waals surface area contributed by atoms with Crippen molar-refractivity contribution in [1.82, 2.24) is 4.72 Å². The molecule has 20 heavy (non-hydrogen) atoms. The third-order valence-corrected chi connectivity index (χ3v) is 5.88. The Morgan fingerprint density at radius 3 is 2.85 bits per heavy atom. The highest BCUT2D eigenvalue weighted by Gasteiger charge is 2.29. The highest BCUT2D eigenvalue weighted by molar-refractivity contribution is 8.00. The molecular weight excluding hydrogens is 302 g/mol. The fraction of sp³-hybridized carbons (Fsp3) is 0.455. The summed E-state index contributed by atoms with van der Waals surface area (Å²) >= 11 is 1.71. The topological polar surface area (TPSA) is 115 Å². The predicted molar refractivity (Wildman–Crippen MR) is 78.2 cm³/mol. The van der Waals surface area contributed by atoms with E-state index < -0.39 is 20.6 Å². The maximum Gasteiger partial charge on any atom is 0.312 e. The average molecular weight is 317 g/mol. The van der Waals surface area contributed by atoms with Crippen LogP contribution in [0.4, 0.5) is 11.4 Å². The van der Waals surface area contributed by atoms with Crippen LogP contribution in [0.25, 0.3) is 0 Å². The normalized spacial score (nSPS) is 19.1. The molecule has 0 radical (unpaired) electrons. The molecule has 0 spiro atoms. The summed E-state index contributed by atoms with van der Waals surface area (Å²) in [5, 5.41) is 11.2. The number of nitro benzene ring substituents is 1. The van der Waals surface area contributed by atoms with Gasteiger partial charge in [-0.05, 0) is 30.7 Å². The lowest BCUT2D eigenvalue weighted by molar-refractivity contribution is -0.386. The van der Waals surface area contributed by atoms with E-state index in [1.165, 1.54) is 18.2 Å². The zero-order valence-corrected chi connectivity index (χ0v) is 12.2. The molecule has 0 amide bonds. The van der Waals surface area contributed by atoms with E-state index >= 15 is 0 Å². The van der Waals surface area contributed by atoms with Gasteiger partial charge in [0.1, 0.15) is 5.69 Å². The average Bonchev–Trinajstić information content (AvgIpc) is 2.89. The summed E-state index contributed by atoms with van der Waals surface area (Å²) in [6.45, 7) is 0.277. The molecule has 9 heteroatoms. The number of hydrogen-bond donors (Lipinski definition) is 2. The third kappa shape index (κ3) is 3.22. The molecule has 1 aliphatic heterocycles. The fourth-order valence-electron chi connectivity index (χ4n) is 2.04. The summed E-state index contributed by atoms with van der Waals surface area (Å²) in [7, 11) is -3.93. The Balaban J connectivity index is 2.24. The number of anilines is 1. The summed E-state index contributed by atoms with van der Waals surface area (Å²) in [5.74, 6) is 1.02. The highest BCUT2D eigenvalue weighted by atomic mass is 32.2. The number of thioether (sulfide) groups is 1. The van der Waals surface area contributed by atoms with E-state index in [0.717, 1.165) is 18.6 Å². The van der Waals surface area contributed by atoms with E-state index in [1.807, 2.05) is 0 Å². The summed E-state index contributed by atoms with van der Waals surface area (Å²) < 4.78 is 26.8. The number of hydrogen-bond acceptors (Lipinski definition) is 6. The van der Waals surface area contributed by atoms with Crippen molar-refractivity contribution in [3.05, 3.63) is 28.3 Å². The van der Waals surface area contributed by atoms with Gasteiger partial charge < -0.3 is 5.73 Å². The zero-order valence-electron chi connectivity index (χ0n) is 10.6. The first-order valence-electron chi connectivity index (χ1n) is 6.06. The monoisotopic (exact) mass is 317 g/mol. The number of nitrogen functional groups attached to an aromatic ring is 1. The van der Waals surface area contributed by atoms with E-state index in [2.05, 4.69) is 4.72 Å². The van der Waals surface area contributed by atoms with E-state index in [-0.39, 0.29) is 22.4 Å².